The first-order chi connectivity index (χ1) is 6.56. The molecule has 0 aliphatic carbocycles. The molecule has 1 heterocycles. The fraction of sp³-hybridized carbons (Fsp3) is 0.800. The predicted molar refractivity (Wildman–Crippen MR) is 51.5 cm³/mol. The molecule has 0 aromatic heterocycles. The minimum absolute atomic E-state index is 0.456. The number of carbonyl (C=O) groups is 2. The van der Waals surface area contributed by atoms with Crippen molar-refractivity contribution in [1.29, 1.82) is 0 Å². The summed E-state index contributed by atoms with van der Waals surface area (Å²) in [7, 11) is 1.23. The molecule has 1 fully saturated rings. The van der Waals surface area contributed by atoms with E-state index in [0.29, 0.717) is 24.9 Å². The highest BCUT2D eigenvalue weighted by molar-refractivity contribution is 6.32. The minimum Gasteiger partial charge on any atom is -0.462 e. The minimum atomic E-state index is -0.758. The standard InChI is InChI=1S/C10H17NO3/c1-7-4-5-11(6-8(7)2)9(12)10(13)14-3/h7-8H,4-6H2,1-3H3. The molecule has 1 aliphatic heterocycles. The number of hydrogen-bond donors (Lipinski definition) is 0. The summed E-state index contributed by atoms with van der Waals surface area (Å²) in [5.41, 5.74) is 0. The van der Waals surface area contributed by atoms with Crippen LogP contribution in [-0.2, 0) is 14.3 Å². The van der Waals surface area contributed by atoms with E-state index in [4.69, 9.17) is 0 Å². The van der Waals surface area contributed by atoms with Gasteiger partial charge in [0.2, 0.25) is 0 Å². The average Bonchev–Trinajstić information content (AvgIpc) is 2.20. The summed E-state index contributed by atoms with van der Waals surface area (Å²) in [4.78, 5) is 24.0. The van der Waals surface area contributed by atoms with E-state index in [2.05, 4.69) is 18.6 Å². The smallest absolute Gasteiger partial charge is 0.396 e. The van der Waals surface area contributed by atoms with Crippen LogP contribution in [0.2, 0.25) is 0 Å². The predicted octanol–water partition coefficient (Wildman–Crippen LogP) is 0.664. The van der Waals surface area contributed by atoms with E-state index < -0.39 is 11.9 Å². The maximum Gasteiger partial charge on any atom is 0.396 e. The van der Waals surface area contributed by atoms with Gasteiger partial charge in [0.25, 0.3) is 0 Å². The second-order valence-corrected chi connectivity index (χ2v) is 3.99. The summed E-state index contributed by atoms with van der Waals surface area (Å²) < 4.78 is 4.40. The lowest BCUT2D eigenvalue weighted by molar-refractivity contribution is -0.159. The van der Waals surface area contributed by atoms with Crippen LogP contribution < -0.4 is 0 Å². The number of methoxy groups -OCH3 is 1. The van der Waals surface area contributed by atoms with Crippen LogP contribution in [0.1, 0.15) is 20.3 Å². The van der Waals surface area contributed by atoms with Crippen molar-refractivity contribution in [1.82, 2.24) is 4.90 Å². The number of amides is 1. The zero-order valence-electron chi connectivity index (χ0n) is 8.95. The SMILES string of the molecule is COC(=O)C(=O)N1CCC(C)C(C)C1. The number of piperidine rings is 1. The van der Waals surface area contributed by atoms with Gasteiger partial charge in [-0.05, 0) is 18.3 Å². The Kier molecular flexibility index (Phi) is 3.49. The first kappa shape index (κ1) is 11.0. The normalized spacial score (nSPS) is 27.2. The molecule has 0 spiro atoms. The van der Waals surface area contributed by atoms with Gasteiger partial charge in [0.15, 0.2) is 0 Å². The van der Waals surface area contributed by atoms with Crippen molar-refractivity contribution < 1.29 is 14.3 Å². The Morgan fingerprint density at radius 3 is 2.43 bits per heavy atom. The molecule has 2 unspecified atom stereocenters. The third-order valence-corrected chi connectivity index (χ3v) is 2.98. The molecular formula is C10H17NO3. The number of hydrogen-bond acceptors (Lipinski definition) is 3. The van der Waals surface area contributed by atoms with Gasteiger partial charge in [0.05, 0.1) is 7.11 Å². The van der Waals surface area contributed by atoms with E-state index in [1.165, 1.54) is 7.11 Å². The van der Waals surface area contributed by atoms with E-state index in [9.17, 15) is 9.59 Å². The van der Waals surface area contributed by atoms with Gasteiger partial charge in [0.1, 0.15) is 0 Å². The zero-order valence-corrected chi connectivity index (χ0v) is 8.95. The van der Waals surface area contributed by atoms with Crippen LogP contribution in [0.15, 0.2) is 0 Å². The van der Waals surface area contributed by atoms with E-state index in [-0.39, 0.29) is 0 Å². The van der Waals surface area contributed by atoms with Crippen LogP contribution in [-0.4, -0.2) is 37.0 Å². The van der Waals surface area contributed by atoms with Gasteiger partial charge in [-0.2, -0.15) is 0 Å². The summed E-state index contributed by atoms with van der Waals surface area (Å²) in [6, 6.07) is 0. The lowest BCUT2D eigenvalue weighted by atomic mass is 9.89. The molecular weight excluding hydrogens is 182 g/mol. The Hall–Kier alpha value is -1.06. The van der Waals surface area contributed by atoms with Gasteiger partial charge in [0, 0.05) is 13.1 Å². The molecule has 0 aromatic rings. The first-order valence-corrected chi connectivity index (χ1v) is 4.93. The van der Waals surface area contributed by atoms with Crippen LogP contribution >= 0.6 is 0 Å². The van der Waals surface area contributed by atoms with E-state index in [1.54, 1.807) is 4.90 Å². The molecule has 2 atom stereocenters. The van der Waals surface area contributed by atoms with Gasteiger partial charge in [-0.3, -0.25) is 4.79 Å². The number of esters is 1. The fourth-order valence-electron chi connectivity index (χ4n) is 1.66. The maximum atomic E-state index is 11.4. The number of rotatable bonds is 0. The molecule has 1 aliphatic rings. The molecule has 4 heteroatoms. The van der Waals surface area contributed by atoms with Gasteiger partial charge >= 0.3 is 11.9 Å². The van der Waals surface area contributed by atoms with Crippen molar-refractivity contribution in [2.24, 2.45) is 11.8 Å². The van der Waals surface area contributed by atoms with Crippen molar-refractivity contribution in [3.8, 4) is 0 Å². The van der Waals surface area contributed by atoms with Crippen molar-refractivity contribution in [3.05, 3.63) is 0 Å². The number of likely N-dealkylation sites (tertiary alicyclic amines) is 1. The van der Waals surface area contributed by atoms with Gasteiger partial charge < -0.3 is 9.64 Å². The molecule has 0 N–H and O–H groups in total. The van der Waals surface area contributed by atoms with E-state index in [1.807, 2.05) is 0 Å². The van der Waals surface area contributed by atoms with Gasteiger partial charge in [-0.25, -0.2) is 4.79 Å². The molecule has 1 amide bonds. The quantitative estimate of drug-likeness (QED) is 0.425. The highest BCUT2D eigenvalue weighted by atomic mass is 16.5. The van der Waals surface area contributed by atoms with Crippen LogP contribution in [0, 0.1) is 11.8 Å². The molecule has 1 saturated heterocycles. The van der Waals surface area contributed by atoms with Crippen molar-refractivity contribution >= 4 is 11.9 Å². The molecule has 0 bridgehead atoms. The zero-order chi connectivity index (χ0) is 10.7. The van der Waals surface area contributed by atoms with Gasteiger partial charge in [-0.15, -0.1) is 0 Å². The average molecular weight is 199 g/mol. The molecule has 14 heavy (non-hydrogen) atoms. The molecule has 1 rings (SSSR count). The van der Waals surface area contributed by atoms with E-state index in [0.717, 1.165) is 6.42 Å². The van der Waals surface area contributed by atoms with Crippen molar-refractivity contribution in [2.45, 2.75) is 20.3 Å². The van der Waals surface area contributed by atoms with E-state index >= 15 is 0 Å². The Balaban J connectivity index is 2.54. The van der Waals surface area contributed by atoms with Crippen LogP contribution in [0.25, 0.3) is 0 Å². The van der Waals surface area contributed by atoms with Crippen LogP contribution in [0.5, 0.6) is 0 Å². The number of nitrogens with zero attached hydrogens (tertiary/aromatic N) is 1. The molecule has 0 saturated carbocycles. The lowest BCUT2D eigenvalue weighted by Gasteiger charge is -2.34. The largest absolute Gasteiger partial charge is 0.462 e. The van der Waals surface area contributed by atoms with Gasteiger partial charge in [-0.1, -0.05) is 13.8 Å². The third kappa shape index (κ3) is 2.25. The molecule has 0 radical (unpaired) electrons. The van der Waals surface area contributed by atoms with Crippen molar-refractivity contribution in [3.63, 3.8) is 0 Å². The second kappa shape index (κ2) is 4.44. The molecule has 0 aromatic carbocycles. The number of carbonyl (C=O) groups excluding carboxylic acids is 2. The van der Waals surface area contributed by atoms with Crippen molar-refractivity contribution in [2.75, 3.05) is 20.2 Å². The second-order valence-electron chi connectivity index (χ2n) is 3.99. The van der Waals surface area contributed by atoms with Crippen LogP contribution in [0.4, 0.5) is 0 Å². The molecule has 4 nitrogen and oxygen atoms in total. The summed E-state index contributed by atoms with van der Waals surface area (Å²) in [5, 5.41) is 0. The number of ether oxygens (including phenoxy) is 1. The Labute approximate surface area is 84.2 Å². The highest BCUT2D eigenvalue weighted by Gasteiger charge is 2.29. The summed E-state index contributed by atoms with van der Waals surface area (Å²) in [6.45, 7) is 5.60. The topological polar surface area (TPSA) is 46.6 Å². The highest BCUT2D eigenvalue weighted by Crippen LogP contribution is 2.22. The Bertz CT molecular complexity index is 240. The lowest BCUT2D eigenvalue weighted by Crippen LogP contribution is -2.45. The monoisotopic (exact) mass is 199 g/mol. The molecule has 80 valence electrons. The summed E-state index contributed by atoms with van der Waals surface area (Å²) >= 11 is 0. The van der Waals surface area contributed by atoms with Crippen LogP contribution in [0.3, 0.4) is 0 Å². The third-order valence-electron chi connectivity index (χ3n) is 2.98. The Morgan fingerprint density at radius 2 is 1.93 bits per heavy atom. The first-order valence-electron chi connectivity index (χ1n) is 4.93. The Morgan fingerprint density at radius 1 is 1.29 bits per heavy atom. The summed E-state index contributed by atoms with van der Waals surface area (Å²) in [6.07, 6.45) is 0.962. The maximum absolute atomic E-state index is 11.4. The fourth-order valence-corrected chi connectivity index (χ4v) is 1.66. The summed E-state index contributed by atoms with van der Waals surface area (Å²) in [5.74, 6) is -0.188.